The number of hydrogen-bond acceptors (Lipinski definition) is 4. The van der Waals surface area contributed by atoms with Crippen LogP contribution in [0, 0.1) is 0 Å². The lowest BCUT2D eigenvalue weighted by molar-refractivity contribution is 0.250. The number of phenolic OH excluding ortho intramolecular Hbond substituents is 2. The lowest BCUT2D eigenvalue weighted by atomic mass is 10.1. The minimum absolute atomic E-state index is 0.0739. The molecule has 4 heteroatoms. The average Bonchev–Trinajstić information content (AvgIpc) is 2.78. The van der Waals surface area contributed by atoms with Crippen molar-refractivity contribution in [3.05, 3.63) is 23.8 Å². The second kappa shape index (κ2) is 4.72. The molecule has 0 saturated carbocycles. The van der Waals surface area contributed by atoms with Gasteiger partial charge in [0.05, 0.1) is 0 Å². The lowest BCUT2D eigenvalue weighted by Crippen LogP contribution is -2.31. The Morgan fingerprint density at radius 1 is 1.19 bits per heavy atom. The van der Waals surface area contributed by atoms with Crippen LogP contribution < -0.4 is 5.73 Å². The summed E-state index contributed by atoms with van der Waals surface area (Å²) in [6, 6.07) is 5.09. The van der Waals surface area contributed by atoms with Crippen molar-refractivity contribution < 1.29 is 10.2 Å². The first-order valence-electron chi connectivity index (χ1n) is 5.68. The van der Waals surface area contributed by atoms with Gasteiger partial charge in [-0.05, 0) is 43.6 Å². The van der Waals surface area contributed by atoms with E-state index in [4.69, 9.17) is 5.73 Å². The van der Waals surface area contributed by atoms with E-state index in [0.717, 1.165) is 18.7 Å². The number of benzene rings is 1. The van der Waals surface area contributed by atoms with Crippen molar-refractivity contribution in [1.82, 2.24) is 4.90 Å². The van der Waals surface area contributed by atoms with Crippen molar-refractivity contribution in [3.8, 4) is 11.5 Å². The zero-order chi connectivity index (χ0) is 11.5. The number of likely N-dealkylation sites (tertiary alicyclic amines) is 1. The standard InChI is InChI=1S/C12H18N2O2/c13-8-10(14-5-1-2-6-14)9-3-4-11(15)12(16)7-9/h3-4,7,10,15-16H,1-2,5-6,8,13H2. The van der Waals surface area contributed by atoms with Crippen LogP contribution in [0.1, 0.15) is 24.4 Å². The predicted octanol–water partition coefficient (Wildman–Crippen LogP) is 1.19. The van der Waals surface area contributed by atoms with Crippen LogP contribution in [-0.4, -0.2) is 34.7 Å². The van der Waals surface area contributed by atoms with E-state index < -0.39 is 0 Å². The molecule has 0 aromatic heterocycles. The number of nitrogens with two attached hydrogens (primary N) is 1. The quantitative estimate of drug-likeness (QED) is 0.672. The fraction of sp³-hybridized carbons (Fsp3) is 0.500. The molecule has 4 nitrogen and oxygen atoms in total. The zero-order valence-corrected chi connectivity index (χ0v) is 9.26. The monoisotopic (exact) mass is 222 g/mol. The molecule has 2 rings (SSSR count). The van der Waals surface area contributed by atoms with E-state index in [9.17, 15) is 10.2 Å². The molecular formula is C12H18N2O2. The molecule has 1 aliphatic rings. The van der Waals surface area contributed by atoms with Gasteiger partial charge in [0.1, 0.15) is 0 Å². The van der Waals surface area contributed by atoms with Crippen molar-refractivity contribution in [1.29, 1.82) is 0 Å². The van der Waals surface area contributed by atoms with Gasteiger partial charge in [-0.25, -0.2) is 0 Å². The van der Waals surface area contributed by atoms with Gasteiger partial charge in [0.15, 0.2) is 11.5 Å². The van der Waals surface area contributed by atoms with Gasteiger partial charge in [0.25, 0.3) is 0 Å². The Morgan fingerprint density at radius 2 is 1.88 bits per heavy atom. The molecule has 0 bridgehead atoms. The highest BCUT2D eigenvalue weighted by Gasteiger charge is 2.22. The fourth-order valence-corrected chi connectivity index (χ4v) is 2.30. The molecule has 4 N–H and O–H groups in total. The maximum Gasteiger partial charge on any atom is 0.157 e. The molecule has 1 fully saturated rings. The minimum atomic E-state index is -0.0825. The van der Waals surface area contributed by atoms with E-state index in [-0.39, 0.29) is 17.5 Å². The first kappa shape index (κ1) is 11.2. The number of hydrogen-bond donors (Lipinski definition) is 3. The van der Waals surface area contributed by atoms with Crippen molar-refractivity contribution in [3.63, 3.8) is 0 Å². The number of nitrogens with zero attached hydrogens (tertiary/aromatic N) is 1. The van der Waals surface area contributed by atoms with Gasteiger partial charge in [-0.15, -0.1) is 0 Å². The first-order valence-corrected chi connectivity index (χ1v) is 5.68. The highest BCUT2D eigenvalue weighted by Crippen LogP contribution is 2.31. The number of rotatable bonds is 3. The van der Waals surface area contributed by atoms with Gasteiger partial charge >= 0.3 is 0 Å². The van der Waals surface area contributed by atoms with Crippen LogP contribution in [0.25, 0.3) is 0 Å². The van der Waals surface area contributed by atoms with Crippen LogP contribution >= 0.6 is 0 Å². The van der Waals surface area contributed by atoms with Crippen LogP contribution in [0.15, 0.2) is 18.2 Å². The molecule has 0 radical (unpaired) electrons. The summed E-state index contributed by atoms with van der Waals surface area (Å²) in [6.07, 6.45) is 2.42. The predicted molar refractivity (Wildman–Crippen MR) is 62.4 cm³/mol. The Bertz CT molecular complexity index is 362. The van der Waals surface area contributed by atoms with E-state index >= 15 is 0 Å². The molecule has 1 heterocycles. The second-order valence-corrected chi connectivity index (χ2v) is 4.24. The van der Waals surface area contributed by atoms with Gasteiger partial charge < -0.3 is 15.9 Å². The third-order valence-electron chi connectivity index (χ3n) is 3.19. The van der Waals surface area contributed by atoms with Crippen molar-refractivity contribution in [2.24, 2.45) is 5.73 Å². The molecule has 1 aromatic rings. The highest BCUT2D eigenvalue weighted by molar-refractivity contribution is 5.41. The SMILES string of the molecule is NCC(c1ccc(O)c(O)c1)N1CCCC1. The Balaban J connectivity index is 2.22. The third-order valence-corrected chi connectivity index (χ3v) is 3.19. The maximum atomic E-state index is 9.48. The van der Waals surface area contributed by atoms with E-state index in [2.05, 4.69) is 4.90 Å². The van der Waals surface area contributed by atoms with E-state index in [1.54, 1.807) is 6.07 Å². The lowest BCUT2D eigenvalue weighted by Gasteiger charge is -2.26. The van der Waals surface area contributed by atoms with Crippen LogP contribution in [-0.2, 0) is 0 Å². The Kier molecular flexibility index (Phi) is 3.31. The molecule has 1 aromatic carbocycles. The average molecular weight is 222 g/mol. The summed E-state index contributed by atoms with van der Waals surface area (Å²) in [4.78, 5) is 2.33. The Morgan fingerprint density at radius 3 is 2.44 bits per heavy atom. The molecule has 0 spiro atoms. The molecule has 1 saturated heterocycles. The minimum Gasteiger partial charge on any atom is -0.504 e. The summed E-state index contributed by atoms with van der Waals surface area (Å²) < 4.78 is 0. The summed E-state index contributed by atoms with van der Waals surface area (Å²) >= 11 is 0. The topological polar surface area (TPSA) is 69.7 Å². The van der Waals surface area contributed by atoms with Gasteiger partial charge in [-0.2, -0.15) is 0 Å². The summed E-state index contributed by atoms with van der Waals surface area (Å²) in [6.45, 7) is 2.65. The van der Waals surface area contributed by atoms with Crippen molar-refractivity contribution in [2.75, 3.05) is 19.6 Å². The molecule has 0 aliphatic carbocycles. The Labute approximate surface area is 95.3 Å². The van der Waals surface area contributed by atoms with E-state index in [0.29, 0.717) is 6.54 Å². The number of phenols is 2. The molecule has 1 atom stereocenters. The van der Waals surface area contributed by atoms with E-state index in [1.807, 2.05) is 6.07 Å². The summed E-state index contributed by atoms with van der Waals surface area (Å²) in [5, 5.41) is 18.7. The normalized spacial score (nSPS) is 18.8. The molecule has 88 valence electrons. The maximum absolute atomic E-state index is 9.48. The van der Waals surface area contributed by atoms with Gasteiger partial charge in [-0.1, -0.05) is 6.07 Å². The number of aromatic hydroxyl groups is 2. The summed E-state index contributed by atoms with van der Waals surface area (Å²) in [7, 11) is 0. The highest BCUT2D eigenvalue weighted by atomic mass is 16.3. The van der Waals surface area contributed by atoms with Crippen LogP contribution in [0.5, 0.6) is 11.5 Å². The molecular weight excluding hydrogens is 204 g/mol. The van der Waals surface area contributed by atoms with Crippen LogP contribution in [0.4, 0.5) is 0 Å². The third kappa shape index (κ3) is 2.13. The van der Waals surface area contributed by atoms with Crippen LogP contribution in [0.2, 0.25) is 0 Å². The molecule has 1 unspecified atom stereocenters. The Hall–Kier alpha value is -1.26. The molecule has 1 aliphatic heterocycles. The van der Waals surface area contributed by atoms with Gasteiger partial charge in [-0.3, -0.25) is 4.90 Å². The van der Waals surface area contributed by atoms with Gasteiger partial charge in [0, 0.05) is 12.6 Å². The van der Waals surface area contributed by atoms with Crippen molar-refractivity contribution in [2.45, 2.75) is 18.9 Å². The van der Waals surface area contributed by atoms with Crippen LogP contribution in [0.3, 0.4) is 0 Å². The summed E-state index contributed by atoms with van der Waals surface area (Å²) in [5.41, 5.74) is 6.76. The second-order valence-electron chi connectivity index (χ2n) is 4.24. The first-order chi connectivity index (χ1) is 7.72. The van der Waals surface area contributed by atoms with Crippen molar-refractivity contribution >= 4 is 0 Å². The zero-order valence-electron chi connectivity index (χ0n) is 9.26. The molecule has 16 heavy (non-hydrogen) atoms. The fourth-order valence-electron chi connectivity index (χ4n) is 2.30. The van der Waals surface area contributed by atoms with E-state index in [1.165, 1.54) is 18.9 Å². The summed E-state index contributed by atoms with van der Waals surface area (Å²) in [5.74, 6) is -0.156. The van der Waals surface area contributed by atoms with Gasteiger partial charge in [0.2, 0.25) is 0 Å². The smallest absolute Gasteiger partial charge is 0.157 e. The molecule has 0 amide bonds. The largest absolute Gasteiger partial charge is 0.504 e.